The van der Waals surface area contributed by atoms with Crippen LogP contribution in [0.1, 0.15) is 13.3 Å². The maximum atomic E-state index is 12.8. The SMILES string of the molecule is C[C@H]1CCN(C(=O)CSc2cc(Cl)ccc2Cl)c2ccccc2S1. The summed E-state index contributed by atoms with van der Waals surface area (Å²) in [6.45, 7) is 2.95. The topological polar surface area (TPSA) is 20.3 Å². The number of hydrogen-bond acceptors (Lipinski definition) is 3. The molecule has 1 heterocycles. The predicted octanol–water partition coefficient (Wildman–Crippen LogP) is 6.00. The first-order valence-corrected chi connectivity index (χ1v) is 10.3. The molecule has 2 aromatic carbocycles. The molecule has 0 spiro atoms. The highest BCUT2D eigenvalue weighted by Crippen LogP contribution is 2.38. The summed E-state index contributed by atoms with van der Waals surface area (Å²) in [6.07, 6.45) is 0.980. The van der Waals surface area contributed by atoms with Crippen LogP contribution >= 0.6 is 46.7 Å². The van der Waals surface area contributed by atoms with Crippen LogP contribution in [0, 0.1) is 0 Å². The Balaban J connectivity index is 1.76. The molecule has 1 atom stereocenters. The maximum Gasteiger partial charge on any atom is 0.237 e. The van der Waals surface area contributed by atoms with Gasteiger partial charge in [0.05, 0.1) is 16.5 Å². The van der Waals surface area contributed by atoms with Crippen molar-refractivity contribution >= 4 is 58.3 Å². The number of hydrogen-bond donors (Lipinski definition) is 0. The Morgan fingerprint density at radius 1 is 1.29 bits per heavy atom. The van der Waals surface area contributed by atoms with E-state index in [0.717, 1.165) is 23.5 Å². The number of halogens is 2. The summed E-state index contributed by atoms with van der Waals surface area (Å²) in [7, 11) is 0. The van der Waals surface area contributed by atoms with E-state index in [4.69, 9.17) is 23.2 Å². The lowest BCUT2D eigenvalue weighted by molar-refractivity contribution is -0.116. The predicted molar refractivity (Wildman–Crippen MR) is 106 cm³/mol. The Morgan fingerprint density at radius 3 is 2.92 bits per heavy atom. The number of amides is 1. The Morgan fingerprint density at radius 2 is 2.08 bits per heavy atom. The molecule has 2 nitrogen and oxygen atoms in total. The largest absolute Gasteiger partial charge is 0.311 e. The van der Waals surface area contributed by atoms with Crippen molar-refractivity contribution in [1.82, 2.24) is 0 Å². The van der Waals surface area contributed by atoms with Gasteiger partial charge in [-0.1, -0.05) is 42.3 Å². The summed E-state index contributed by atoms with van der Waals surface area (Å²) in [5.41, 5.74) is 1.01. The van der Waals surface area contributed by atoms with E-state index in [-0.39, 0.29) is 5.91 Å². The van der Waals surface area contributed by atoms with Crippen LogP contribution in [0.2, 0.25) is 10.0 Å². The zero-order chi connectivity index (χ0) is 17.1. The molecule has 6 heteroatoms. The third kappa shape index (κ3) is 4.23. The number of carbonyl (C=O) groups is 1. The third-order valence-corrected chi connectivity index (χ3v) is 6.74. The van der Waals surface area contributed by atoms with Gasteiger partial charge in [-0.2, -0.15) is 0 Å². The van der Waals surface area contributed by atoms with Crippen molar-refractivity contribution in [1.29, 1.82) is 0 Å². The highest BCUT2D eigenvalue weighted by molar-refractivity contribution is 8.00. The average molecular weight is 398 g/mol. The Bertz CT molecular complexity index is 754. The number of benzene rings is 2. The van der Waals surface area contributed by atoms with Crippen LogP contribution in [0.25, 0.3) is 0 Å². The van der Waals surface area contributed by atoms with Gasteiger partial charge in [0.25, 0.3) is 0 Å². The van der Waals surface area contributed by atoms with E-state index in [2.05, 4.69) is 13.0 Å². The summed E-state index contributed by atoms with van der Waals surface area (Å²) in [6, 6.07) is 13.4. The van der Waals surface area contributed by atoms with Crippen molar-refractivity contribution in [3.05, 3.63) is 52.5 Å². The lowest BCUT2D eigenvalue weighted by atomic mass is 10.2. The number of thioether (sulfide) groups is 2. The second-order valence-electron chi connectivity index (χ2n) is 5.59. The minimum Gasteiger partial charge on any atom is -0.311 e. The highest BCUT2D eigenvalue weighted by Gasteiger charge is 2.24. The maximum absolute atomic E-state index is 12.8. The molecule has 3 rings (SSSR count). The summed E-state index contributed by atoms with van der Waals surface area (Å²) in [4.78, 5) is 16.7. The van der Waals surface area contributed by atoms with E-state index in [0.29, 0.717) is 21.0 Å². The molecule has 0 aromatic heterocycles. The van der Waals surface area contributed by atoms with E-state index in [1.807, 2.05) is 34.9 Å². The minimum absolute atomic E-state index is 0.0955. The number of anilines is 1. The van der Waals surface area contributed by atoms with Gasteiger partial charge >= 0.3 is 0 Å². The molecule has 1 aliphatic heterocycles. The summed E-state index contributed by atoms with van der Waals surface area (Å²) in [5, 5.41) is 1.75. The average Bonchev–Trinajstić information content (AvgIpc) is 2.73. The van der Waals surface area contributed by atoms with Crippen LogP contribution in [-0.2, 0) is 4.79 Å². The standard InChI is InChI=1S/C18H17Cl2NOS2/c1-12-8-9-21(15-4-2-3-5-16(15)24-12)18(22)11-23-17-10-13(19)6-7-14(17)20/h2-7,10,12H,8-9,11H2,1H3/t12-/m0/s1. The fraction of sp³-hybridized carbons (Fsp3) is 0.278. The summed E-state index contributed by atoms with van der Waals surface area (Å²) in [5.74, 6) is 0.436. The van der Waals surface area contributed by atoms with Crippen LogP contribution in [0.5, 0.6) is 0 Å². The zero-order valence-electron chi connectivity index (χ0n) is 13.2. The smallest absolute Gasteiger partial charge is 0.237 e. The summed E-state index contributed by atoms with van der Waals surface area (Å²) >= 11 is 15.5. The molecule has 1 aliphatic rings. The first-order chi connectivity index (χ1) is 11.5. The molecule has 2 aromatic rings. The van der Waals surface area contributed by atoms with Crippen molar-refractivity contribution in [3.63, 3.8) is 0 Å². The molecule has 0 saturated carbocycles. The number of nitrogens with zero attached hydrogens (tertiary/aromatic N) is 1. The molecule has 0 aliphatic carbocycles. The normalized spacial score (nSPS) is 17.3. The van der Waals surface area contributed by atoms with Crippen molar-refractivity contribution < 1.29 is 4.79 Å². The van der Waals surface area contributed by atoms with Gasteiger partial charge in [0, 0.05) is 26.6 Å². The van der Waals surface area contributed by atoms with Gasteiger partial charge in [0.1, 0.15) is 0 Å². The second-order valence-corrected chi connectivity index (χ2v) is 8.93. The molecule has 126 valence electrons. The molecule has 0 radical (unpaired) electrons. The molecule has 0 N–H and O–H groups in total. The van der Waals surface area contributed by atoms with E-state index in [1.54, 1.807) is 18.2 Å². The first-order valence-electron chi connectivity index (χ1n) is 7.68. The van der Waals surface area contributed by atoms with Crippen LogP contribution in [-0.4, -0.2) is 23.5 Å². The monoisotopic (exact) mass is 397 g/mol. The van der Waals surface area contributed by atoms with E-state index >= 15 is 0 Å². The molecular weight excluding hydrogens is 381 g/mol. The third-order valence-electron chi connectivity index (χ3n) is 3.79. The fourth-order valence-corrected chi connectivity index (χ4v) is 5.03. The van der Waals surface area contributed by atoms with Gasteiger partial charge in [0.15, 0.2) is 0 Å². The molecule has 0 fully saturated rings. The summed E-state index contributed by atoms with van der Waals surface area (Å²) < 4.78 is 0. The van der Waals surface area contributed by atoms with Crippen molar-refractivity contribution in [2.24, 2.45) is 0 Å². The molecule has 24 heavy (non-hydrogen) atoms. The molecular formula is C18H17Cl2NOS2. The number of para-hydroxylation sites is 1. The van der Waals surface area contributed by atoms with Crippen LogP contribution in [0.3, 0.4) is 0 Å². The van der Waals surface area contributed by atoms with Crippen LogP contribution in [0.4, 0.5) is 5.69 Å². The van der Waals surface area contributed by atoms with Gasteiger partial charge in [-0.05, 0) is 36.8 Å². The quantitative estimate of drug-likeness (QED) is 0.591. The van der Waals surface area contributed by atoms with Crippen LogP contribution in [0.15, 0.2) is 52.3 Å². The van der Waals surface area contributed by atoms with Crippen molar-refractivity contribution in [2.75, 3.05) is 17.2 Å². The Labute approximate surface area is 160 Å². The van der Waals surface area contributed by atoms with E-state index in [9.17, 15) is 4.79 Å². The molecule has 0 bridgehead atoms. The van der Waals surface area contributed by atoms with Gasteiger partial charge in [-0.15, -0.1) is 23.5 Å². The molecule has 0 unspecified atom stereocenters. The van der Waals surface area contributed by atoms with Gasteiger partial charge in [-0.25, -0.2) is 0 Å². The molecule has 1 amide bonds. The second kappa shape index (κ2) is 8.05. The van der Waals surface area contributed by atoms with E-state index in [1.165, 1.54) is 16.7 Å². The van der Waals surface area contributed by atoms with Gasteiger partial charge in [-0.3, -0.25) is 4.79 Å². The van der Waals surface area contributed by atoms with Gasteiger partial charge in [0.2, 0.25) is 5.91 Å². The highest BCUT2D eigenvalue weighted by atomic mass is 35.5. The first kappa shape index (κ1) is 18.0. The molecule has 0 saturated heterocycles. The minimum atomic E-state index is 0.0955. The lowest BCUT2D eigenvalue weighted by Crippen LogP contribution is -2.33. The zero-order valence-corrected chi connectivity index (χ0v) is 16.3. The Hall–Kier alpha value is -0.810. The lowest BCUT2D eigenvalue weighted by Gasteiger charge is -2.22. The van der Waals surface area contributed by atoms with Crippen molar-refractivity contribution in [2.45, 2.75) is 28.4 Å². The Kier molecular flexibility index (Phi) is 6.03. The van der Waals surface area contributed by atoms with Crippen LogP contribution < -0.4 is 4.90 Å². The number of rotatable bonds is 3. The number of fused-ring (bicyclic) bond motifs is 1. The fourth-order valence-electron chi connectivity index (χ4n) is 2.55. The van der Waals surface area contributed by atoms with E-state index < -0.39 is 0 Å². The van der Waals surface area contributed by atoms with Crippen molar-refractivity contribution in [3.8, 4) is 0 Å². The number of carbonyl (C=O) groups excluding carboxylic acids is 1. The van der Waals surface area contributed by atoms with Gasteiger partial charge < -0.3 is 4.90 Å².